The minimum Gasteiger partial charge on any atom is -0.444 e. The van der Waals surface area contributed by atoms with Crippen molar-refractivity contribution in [3.63, 3.8) is 0 Å². The van der Waals surface area contributed by atoms with Crippen LogP contribution in [0.15, 0.2) is 66.7 Å². The highest BCUT2D eigenvalue weighted by atomic mass is 16.6. The maximum absolute atomic E-state index is 14.5. The molecule has 2 atom stereocenters. The molecule has 7 nitrogen and oxygen atoms in total. The minimum atomic E-state index is -0.892. The van der Waals surface area contributed by atoms with Gasteiger partial charge in [0.25, 0.3) is 5.91 Å². The number of benzene rings is 3. The number of nitrogens with zero attached hydrogens (tertiary/aromatic N) is 1. The predicted molar refractivity (Wildman–Crippen MR) is 175 cm³/mol. The van der Waals surface area contributed by atoms with Gasteiger partial charge < -0.3 is 20.3 Å². The van der Waals surface area contributed by atoms with Crippen molar-refractivity contribution in [1.82, 2.24) is 10.2 Å². The largest absolute Gasteiger partial charge is 0.444 e. The summed E-state index contributed by atoms with van der Waals surface area (Å²) in [6.45, 7) is 13.9. The zero-order valence-corrected chi connectivity index (χ0v) is 26.9. The second-order valence-corrected chi connectivity index (χ2v) is 12.7. The SMILES string of the molecule is CCCCCCN(C(=O)C(CC(C)C)NC(=O)OC(C)(C)C)C(C(=O)Nc1ccc2ccccc2c1)c1ccccc1C. The molecule has 0 fully saturated rings. The molecular weight excluding hydrogens is 538 g/mol. The van der Waals surface area contributed by atoms with Crippen LogP contribution in [-0.4, -0.2) is 41.0 Å². The number of aryl methyl sites for hydroxylation is 1. The Kier molecular flexibility index (Phi) is 12.2. The van der Waals surface area contributed by atoms with E-state index in [0.717, 1.165) is 47.6 Å². The maximum atomic E-state index is 14.5. The Morgan fingerprint density at radius 3 is 2.21 bits per heavy atom. The number of unbranched alkanes of at least 4 members (excludes halogenated alkanes) is 3. The molecule has 232 valence electrons. The van der Waals surface area contributed by atoms with E-state index in [2.05, 4.69) is 17.6 Å². The molecule has 0 spiro atoms. The van der Waals surface area contributed by atoms with E-state index in [1.807, 2.05) is 87.5 Å². The molecule has 3 amide bonds. The summed E-state index contributed by atoms with van der Waals surface area (Å²) < 4.78 is 5.52. The molecule has 0 radical (unpaired) electrons. The van der Waals surface area contributed by atoms with E-state index in [0.29, 0.717) is 18.7 Å². The first kappa shape index (κ1) is 33.6. The lowest BCUT2D eigenvalue weighted by atomic mass is 9.96. The van der Waals surface area contributed by atoms with Crippen LogP contribution in [-0.2, 0) is 14.3 Å². The smallest absolute Gasteiger partial charge is 0.408 e. The molecular formula is C36H49N3O4. The van der Waals surface area contributed by atoms with E-state index < -0.39 is 23.8 Å². The molecule has 0 bridgehead atoms. The first-order valence-electron chi connectivity index (χ1n) is 15.5. The fourth-order valence-electron chi connectivity index (χ4n) is 5.24. The first-order valence-corrected chi connectivity index (χ1v) is 15.5. The standard InChI is InChI=1S/C36H49N3O4/c1-8-9-10-15-22-39(34(41)31(23-25(2)3)38-35(42)43-36(5,6)7)32(30-19-14-11-16-26(30)4)33(40)37-29-21-20-27-17-12-13-18-28(27)24-29/h11-14,16-21,24-25,31-32H,8-10,15,22-23H2,1-7H3,(H,37,40)(H,38,42). The maximum Gasteiger partial charge on any atom is 0.408 e. The lowest BCUT2D eigenvalue weighted by Crippen LogP contribution is -2.53. The zero-order chi connectivity index (χ0) is 31.6. The van der Waals surface area contributed by atoms with E-state index in [4.69, 9.17) is 4.74 Å². The Morgan fingerprint density at radius 1 is 0.884 bits per heavy atom. The van der Waals surface area contributed by atoms with Gasteiger partial charge in [-0.15, -0.1) is 0 Å². The fraction of sp³-hybridized carbons (Fsp3) is 0.472. The molecule has 2 unspecified atom stereocenters. The van der Waals surface area contributed by atoms with Crippen LogP contribution in [0.1, 0.15) is 90.8 Å². The normalized spacial score (nSPS) is 12.9. The van der Waals surface area contributed by atoms with E-state index in [1.165, 1.54) is 0 Å². The molecule has 7 heteroatoms. The summed E-state index contributed by atoms with van der Waals surface area (Å²) in [6, 6.07) is 19.7. The van der Waals surface area contributed by atoms with Gasteiger partial charge in [-0.3, -0.25) is 9.59 Å². The van der Waals surface area contributed by atoms with Crippen molar-refractivity contribution in [1.29, 1.82) is 0 Å². The van der Waals surface area contributed by atoms with Gasteiger partial charge in [0.2, 0.25) is 5.91 Å². The highest BCUT2D eigenvalue weighted by molar-refractivity contribution is 6.00. The third kappa shape index (κ3) is 10.1. The number of rotatable bonds is 13. The second-order valence-electron chi connectivity index (χ2n) is 12.7. The van der Waals surface area contributed by atoms with E-state index in [1.54, 1.807) is 25.7 Å². The Labute approximate surface area is 257 Å². The number of carbonyl (C=O) groups is 3. The summed E-state index contributed by atoms with van der Waals surface area (Å²) in [5.74, 6) is -0.471. The fourth-order valence-corrected chi connectivity index (χ4v) is 5.24. The summed E-state index contributed by atoms with van der Waals surface area (Å²) in [7, 11) is 0. The molecule has 3 aromatic rings. The average Bonchev–Trinajstić information content (AvgIpc) is 2.93. The van der Waals surface area contributed by atoms with Gasteiger partial charge in [-0.05, 0) is 80.5 Å². The molecule has 0 aliphatic heterocycles. The molecule has 3 aromatic carbocycles. The number of amides is 3. The van der Waals surface area contributed by atoms with Crippen molar-refractivity contribution in [2.75, 3.05) is 11.9 Å². The van der Waals surface area contributed by atoms with Gasteiger partial charge in [-0.25, -0.2) is 4.79 Å². The van der Waals surface area contributed by atoms with E-state index >= 15 is 0 Å². The molecule has 0 aliphatic carbocycles. The lowest BCUT2D eigenvalue weighted by molar-refractivity contribution is -0.141. The van der Waals surface area contributed by atoms with Gasteiger partial charge >= 0.3 is 6.09 Å². The predicted octanol–water partition coefficient (Wildman–Crippen LogP) is 8.18. The summed E-state index contributed by atoms with van der Waals surface area (Å²) in [4.78, 5) is 43.3. The Balaban J connectivity index is 2.04. The molecule has 2 N–H and O–H groups in total. The van der Waals surface area contributed by atoms with Crippen LogP contribution >= 0.6 is 0 Å². The molecule has 3 rings (SSSR count). The highest BCUT2D eigenvalue weighted by Crippen LogP contribution is 2.29. The van der Waals surface area contributed by atoms with Crippen LogP contribution in [0, 0.1) is 12.8 Å². The quantitative estimate of drug-likeness (QED) is 0.197. The zero-order valence-electron chi connectivity index (χ0n) is 26.9. The van der Waals surface area contributed by atoms with Crippen LogP contribution in [0.2, 0.25) is 0 Å². The van der Waals surface area contributed by atoms with Crippen LogP contribution in [0.5, 0.6) is 0 Å². The van der Waals surface area contributed by atoms with Crippen molar-refractivity contribution in [3.8, 4) is 0 Å². The first-order chi connectivity index (χ1) is 20.4. The molecule has 0 saturated carbocycles. The second kappa shape index (κ2) is 15.6. The molecule has 43 heavy (non-hydrogen) atoms. The molecule has 0 aliphatic rings. The number of nitrogens with one attached hydrogen (secondary N) is 2. The van der Waals surface area contributed by atoms with Crippen LogP contribution in [0.3, 0.4) is 0 Å². The summed E-state index contributed by atoms with van der Waals surface area (Å²) in [5, 5.41) is 8.03. The summed E-state index contributed by atoms with van der Waals surface area (Å²) in [5.41, 5.74) is 1.61. The number of hydrogen-bond acceptors (Lipinski definition) is 4. The average molecular weight is 588 g/mol. The lowest BCUT2D eigenvalue weighted by Gasteiger charge is -2.35. The Bertz CT molecular complexity index is 1380. The van der Waals surface area contributed by atoms with Gasteiger partial charge in [-0.2, -0.15) is 0 Å². The third-order valence-electron chi connectivity index (χ3n) is 7.29. The number of ether oxygens (including phenoxy) is 1. The van der Waals surface area contributed by atoms with Gasteiger partial charge in [0.1, 0.15) is 17.7 Å². The van der Waals surface area contributed by atoms with Crippen LogP contribution in [0.25, 0.3) is 10.8 Å². The van der Waals surface area contributed by atoms with Crippen LogP contribution in [0.4, 0.5) is 10.5 Å². The number of carbonyl (C=O) groups excluding carboxylic acids is 3. The highest BCUT2D eigenvalue weighted by Gasteiger charge is 2.37. The number of alkyl carbamates (subject to hydrolysis) is 1. The van der Waals surface area contributed by atoms with Crippen molar-refractivity contribution in [2.24, 2.45) is 5.92 Å². The van der Waals surface area contributed by atoms with Crippen molar-refractivity contribution in [2.45, 2.75) is 98.3 Å². The summed E-state index contributed by atoms with van der Waals surface area (Å²) >= 11 is 0. The number of anilines is 1. The van der Waals surface area contributed by atoms with Crippen LogP contribution < -0.4 is 10.6 Å². The Hall–Kier alpha value is -3.87. The van der Waals surface area contributed by atoms with E-state index in [9.17, 15) is 14.4 Å². The molecule has 0 heterocycles. The van der Waals surface area contributed by atoms with Gasteiger partial charge in [-0.1, -0.05) is 94.6 Å². The van der Waals surface area contributed by atoms with Gasteiger partial charge in [0, 0.05) is 12.2 Å². The molecule has 0 aromatic heterocycles. The van der Waals surface area contributed by atoms with Gasteiger partial charge in [0.15, 0.2) is 0 Å². The third-order valence-corrected chi connectivity index (χ3v) is 7.29. The van der Waals surface area contributed by atoms with Crippen molar-refractivity contribution in [3.05, 3.63) is 77.9 Å². The topological polar surface area (TPSA) is 87.7 Å². The van der Waals surface area contributed by atoms with E-state index in [-0.39, 0.29) is 17.7 Å². The molecule has 0 saturated heterocycles. The number of fused-ring (bicyclic) bond motifs is 1. The van der Waals surface area contributed by atoms with Gasteiger partial charge in [0.05, 0.1) is 0 Å². The van der Waals surface area contributed by atoms with Crippen molar-refractivity contribution >= 4 is 34.4 Å². The Morgan fingerprint density at radius 2 is 1.56 bits per heavy atom. The monoisotopic (exact) mass is 587 g/mol. The minimum absolute atomic E-state index is 0.120. The van der Waals surface area contributed by atoms with Crippen molar-refractivity contribution < 1.29 is 19.1 Å². The number of hydrogen-bond donors (Lipinski definition) is 2. The summed E-state index contributed by atoms with van der Waals surface area (Å²) in [6.07, 6.45) is 3.52.